The SMILES string of the molecule is CC(C)OCc1c(Cl)cccc1Br. The molecule has 0 aliphatic rings. The highest BCUT2D eigenvalue weighted by Crippen LogP contribution is 2.25. The number of hydrogen-bond acceptors (Lipinski definition) is 1. The molecule has 0 bridgehead atoms. The van der Waals surface area contributed by atoms with E-state index < -0.39 is 0 Å². The van der Waals surface area contributed by atoms with E-state index in [1.807, 2.05) is 32.0 Å². The molecule has 0 saturated heterocycles. The molecule has 0 N–H and O–H groups in total. The predicted octanol–water partition coefficient (Wildman–Crippen LogP) is 4.03. The van der Waals surface area contributed by atoms with E-state index in [1.54, 1.807) is 0 Å². The van der Waals surface area contributed by atoms with Crippen molar-refractivity contribution in [3.63, 3.8) is 0 Å². The monoisotopic (exact) mass is 262 g/mol. The molecule has 0 aromatic heterocycles. The van der Waals surface area contributed by atoms with Crippen LogP contribution in [0, 0.1) is 0 Å². The second-order valence-corrected chi connectivity index (χ2v) is 4.32. The Morgan fingerprint density at radius 1 is 1.46 bits per heavy atom. The van der Waals surface area contributed by atoms with Crippen molar-refractivity contribution in [2.45, 2.75) is 26.6 Å². The van der Waals surface area contributed by atoms with Gasteiger partial charge in [-0.25, -0.2) is 0 Å². The fourth-order valence-electron chi connectivity index (χ4n) is 0.920. The van der Waals surface area contributed by atoms with Gasteiger partial charge >= 0.3 is 0 Å². The Hall–Kier alpha value is -0.0500. The first kappa shape index (κ1) is 11.0. The summed E-state index contributed by atoms with van der Waals surface area (Å²) in [5, 5.41) is 0.745. The van der Waals surface area contributed by atoms with Crippen molar-refractivity contribution in [1.82, 2.24) is 0 Å². The summed E-state index contributed by atoms with van der Waals surface area (Å²) >= 11 is 9.44. The third kappa shape index (κ3) is 3.29. The molecule has 1 nitrogen and oxygen atoms in total. The highest BCUT2D eigenvalue weighted by atomic mass is 79.9. The van der Waals surface area contributed by atoms with Gasteiger partial charge in [0, 0.05) is 15.1 Å². The van der Waals surface area contributed by atoms with Crippen LogP contribution in [-0.4, -0.2) is 6.10 Å². The van der Waals surface area contributed by atoms with Crippen molar-refractivity contribution in [1.29, 1.82) is 0 Å². The molecule has 3 heteroatoms. The van der Waals surface area contributed by atoms with Crippen molar-refractivity contribution >= 4 is 27.5 Å². The minimum atomic E-state index is 0.225. The zero-order chi connectivity index (χ0) is 9.84. The van der Waals surface area contributed by atoms with E-state index in [2.05, 4.69) is 15.9 Å². The van der Waals surface area contributed by atoms with E-state index in [1.165, 1.54) is 0 Å². The van der Waals surface area contributed by atoms with E-state index in [0.29, 0.717) is 6.61 Å². The minimum absolute atomic E-state index is 0.225. The van der Waals surface area contributed by atoms with Crippen LogP contribution >= 0.6 is 27.5 Å². The summed E-state index contributed by atoms with van der Waals surface area (Å²) in [6.07, 6.45) is 0.225. The lowest BCUT2D eigenvalue weighted by Gasteiger charge is -2.10. The second kappa shape index (κ2) is 4.99. The Labute approximate surface area is 92.2 Å². The fourth-order valence-corrected chi connectivity index (χ4v) is 1.74. The Kier molecular flexibility index (Phi) is 4.23. The Morgan fingerprint density at radius 3 is 2.69 bits per heavy atom. The standard InChI is InChI=1S/C10H12BrClO/c1-7(2)13-6-8-9(11)4-3-5-10(8)12/h3-5,7H,6H2,1-2H3. The van der Waals surface area contributed by atoms with Crippen molar-refractivity contribution in [3.05, 3.63) is 33.3 Å². The summed E-state index contributed by atoms with van der Waals surface area (Å²) in [5.41, 5.74) is 1.01. The van der Waals surface area contributed by atoms with Crippen LogP contribution in [0.15, 0.2) is 22.7 Å². The molecule has 1 aromatic rings. The van der Waals surface area contributed by atoms with Gasteiger partial charge in [-0.05, 0) is 26.0 Å². The smallest absolute Gasteiger partial charge is 0.0745 e. The third-order valence-electron chi connectivity index (χ3n) is 1.62. The molecule has 0 aliphatic heterocycles. The lowest BCUT2D eigenvalue weighted by atomic mass is 10.2. The first-order valence-corrected chi connectivity index (χ1v) is 5.33. The van der Waals surface area contributed by atoms with E-state index in [0.717, 1.165) is 15.1 Å². The summed E-state index contributed by atoms with van der Waals surface area (Å²) in [4.78, 5) is 0. The highest BCUT2D eigenvalue weighted by molar-refractivity contribution is 9.10. The zero-order valence-electron chi connectivity index (χ0n) is 7.68. The molecule has 1 rings (SSSR count). The van der Waals surface area contributed by atoms with E-state index in [-0.39, 0.29) is 6.10 Å². The topological polar surface area (TPSA) is 9.23 Å². The average molecular weight is 264 g/mol. The largest absolute Gasteiger partial charge is 0.374 e. The van der Waals surface area contributed by atoms with Crippen LogP contribution in [0.25, 0.3) is 0 Å². The quantitative estimate of drug-likeness (QED) is 0.800. The molecule has 0 saturated carbocycles. The Bertz CT molecular complexity index is 266. The van der Waals surface area contributed by atoms with Gasteiger partial charge in [0.2, 0.25) is 0 Å². The molecule has 0 heterocycles. The predicted molar refractivity (Wildman–Crippen MR) is 59.1 cm³/mol. The van der Waals surface area contributed by atoms with Gasteiger partial charge in [0.1, 0.15) is 0 Å². The van der Waals surface area contributed by atoms with Gasteiger partial charge in [0.05, 0.1) is 12.7 Å². The molecule has 0 amide bonds. The molecule has 13 heavy (non-hydrogen) atoms. The summed E-state index contributed by atoms with van der Waals surface area (Å²) in [6, 6.07) is 5.74. The molecular weight excluding hydrogens is 251 g/mol. The molecule has 0 spiro atoms. The van der Waals surface area contributed by atoms with Crippen LogP contribution in [0.4, 0.5) is 0 Å². The van der Waals surface area contributed by atoms with Gasteiger partial charge in [-0.3, -0.25) is 0 Å². The summed E-state index contributed by atoms with van der Waals surface area (Å²) in [6.45, 7) is 4.56. The van der Waals surface area contributed by atoms with Crippen LogP contribution < -0.4 is 0 Å². The lowest BCUT2D eigenvalue weighted by molar-refractivity contribution is 0.0654. The molecule has 0 fully saturated rings. The number of ether oxygens (including phenoxy) is 1. The maximum absolute atomic E-state index is 6.00. The molecule has 0 aliphatic carbocycles. The van der Waals surface area contributed by atoms with Gasteiger partial charge in [-0.15, -0.1) is 0 Å². The molecule has 0 unspecified atom stereocenters. The summed E-state index contributed by atoms with van der Waals surface area (Å²) in [5.74, 6) is 0. The van der Waals surface area contributed by atoms with Gasteiger partial charge in [-0.1, -0.05) is 33.6 Å². The molecule has 72 valence electrons. The fraction of sp³-hybridized carbons (Fsp3) is 0.400. The normalized spacial score (nSPS) is 10.8. The first-order valence-electron chi connectivity index (χ1n) is 4.15. The maximum atomic E-state index is 6.00. The summed E-state index contributed by atoms with van der Waals surface area (Å²) < 4.78 is 6.48. The highest BCUT2D eigenvalue weighted by Gasteiger charge is 2.05. The number of benzene rings is 1. The van der Waals surface area contributed by atoms with Crippen LogP contribution in [-0.2, 0) is 11.3 Å². The average Bonchev–Trinajstić information content (AvgIpc) is 2.03. The van der Waals surface area contributed by atoms with Crippen molar-refractivity contribution in [2.24, 2.45) is 0 Å². The number of rotatable bonds is 3. The Morgan fingerprint density at radius 2 is 2.15 bits per heavy atom. The summed E-state index contributed by atoms with van der Waals surface area (Å²) in [7, 11) is 0. The van der Waals surface area contributed by atoms with Gasteiger partial charge < -0.3 is 4.74 Å². The van der Waals surface area contributed by atoms with Crippen LogP contribution in [0.5, 0.6) is 0 Å². The minimum Gasteiger partial charge on any atom is -0.374 e. The van der Waals surface area contributed by atoms with Crippen molar-refractivity contribution in [2.75, 3.05) is 0 Å². The van der Waals surface area contributed by atoms with Crippen LogP contribution in [0.1, 0.15) is 19.4 Å². The number of halogens is 2. The van der Waals surface area contributed by atoms with Crippen LogP contribution in [0.2, 0.25) is 5.02 Å². The van der Waals surface area contributed by atoms with Crippen LogP contribution in [0.3, 0.4) is 0 Å². The third-order valence-corrected chi connectivity index (χ3v) is 2.72. The molecule has 0 radical (unpaired) electrons. The van der Waals surface area contributed by atoms with E-state index >= 15 is 0 Å². The van der Waals surface area contributed by atoms with Gasteiger partial charge in [0.15, 0.2) is 0 Å². The van der Waals surface area contributed by atoms with Crippen molar-refractivity contribution in [3.8, 4) is 0 Å². The number of hydrogen-bond donors (Lipinski definition) is 0. The van der Waals surface area contributed by atoms with E-state index in [9.17, 15) is 0 Å². The molecule has 1 aromatic carbocycles. The molecular formula is C10H12BrClO. The lowest BCUT2D eigenvalue weighted by Crippen LogP contribution is -2.03. The Balaban J connectivity index is 2.75. The second-order valence-electron chi connectivity index (χ2n) is 3.06. The van der Waals surface area contributed by atoms with Gasteiger partial charge in [0.25, 0.3) is 0 Å². The first-order chi connectivity index (χ1) is 6.11. The zero-order valence-corrected chi connectivity index (χ0v) is 10.0. The maximum Gasteiger partial charge on any atom is 0.0745 e. The van der Waals surface area contributed by atoms with E-state index in [4.69, 9.17) is 16.3 Å². The molecule has 0 atom stereocenters. The van der Waals surface area contributed by atoms with Gasteiger partial charge in [-0.2, -0.15) is 0 Å². The van der Waals surface area contributed by atoms with Crippen molar-refractivity contribution < 1.29 is 4.74 Å².